The molecule has 1 heteroatoms. The molecule has 0 saturated heterocycles. The molecule has 0 radical (unpaired) electrons. The van der Waals surface area contributed by atoms with E-state index in [0.29, 0.717) is 5.88 Å². The van der Waals surface area contributed by atoms with Gasteiger partial charge in [-0.25, -0.2) is 0 Å². The average Bonchev–Trinajstić information content (AvgIpc) is 1.89. The third kappa shape index (κ3) is 5.64. The summed E-state index contributed by atoms with van der Waals surface area (Å²) in [7, 11) is 0. The predicted molar refractivity (Wildman–Crippen MR) is 43.9 cm³/mol. The standard InChI is InChI=1S/C8H13Cl/c1-3-8(2)6-4-5-7-9/h3-5H,6-7H2,1-2H3/b5-4-,8-3-. The van der Waals surface area contributed by atoms with Gasteiger partial charge in [0, 0.05) is 5.88 Å². The minimum absolute atomic E-state index is 0.622. The van der Waals surface area contributed by atoms with Crippen LogP contribution in [0.2, 0.25) is 0 Å². The first-order chi connectivity index (χ1) is 4.31. The molecule has 0 aliphatic heterocycles. The van der Waals surface area contributed by atoms with E-state index in [2.05, 4.69) is 19.1 Å². The van der Waals surface area contributed by atoms with Crippen molar-refractivity contribution in [1.29, 1.82) is 0 Å². The number of halogens is 1. The third-order valence-corrected chi connectivity index (χ3v) is 1.37. The summed E-state index contributed by atoms with van der Waals surface area (Å²) >= 11 is 5.42. The highest BCUT2D eigenvalue weighted by molar-refractivity contribution is 6.18. The fourth-order valence-electron chi connectivity index (χ4n) is 0.450. The summed E-state index contributed by atoms with van der Waals surface area (Å²) in [6, 6.07) is 0. The van der Waals surface area contributed by atoms with Crippen LogP contribution in [-0.2, 0) is 0 Å². The van der Waals surface area contributed by atoms with Gasteiger partial charge in [0.15, 0.2) is 0 Å². The van der Waals surface area contributed by atoms with Crippen molar-refractivity contribution < 1.29 is 0 Å². The van der Waals surface area contributed by atoms with Gasteiger partial charge in [-0.15, -0.1) is 11.6 Å². The van der Waals surface area contributed by atoms with Crippen LogP contribution in [0.4, 0.5) is 0 Å². The largest absolute Gasteiger partial charge is 0.122 e. The van der Waals surface area contributed by atoms with Crippen molar-refractivity contribution in [3.05, 3.63) is 23.8 Å². The van der Waals surface area contributed by atoms with E-state index >= 15 is 0 Å². The summed E-state index contributed by atoms with van der Waals surface area (Å²) < 4.78 is 0. The van der Waals surface area contributed by atoms with Gasteiger partial charge in [0.2, 0.25) is 0 Å². The van der Waals surface area contributed by atoms with Gasteiger partial charge in [-0.3, -0.25) is 0 Å². The van der Waals surface area contributed by atoms with Gasteiger partial charge in [-0.2, -0.15) is 0 Å². The van der Waals surface area contributed by atoms with E-state index in [1.807, 2.05) is 13.0 Å². The van der Waals surface area contributed by atoms with E-state index in [9.17, 15) is 0 Å². The normalized spacial score (nSPS) is 13.0. The van der Waals surface area contributed by atoms with Crippen LogP contribution in [0, 0.1) is 0 Å². The highest BCUT2D eigenvalue weighted by Crippen LogP contribution is 1.99. The van der Waals surface area contributed by atoms with E-state index < -0.39 is 0 Å². The van der Waals surface area contributed by atoms with Crippen LogP contribution in [0.3, 0.4) is 0 Å². The predicted octanol–water partition coefficient (Wildman–Crippen LogP) is 3.14. The molecule has 0 nitrogen and oxygen atoms in total. The molecule has 0 amide bonds. The van der Waals surface area contributed by atoms with Gasteiger partial charge in [0.1, 0.15) is 0 Å². The Morgan fingerprint density at radius 2 is 2.11 bits per heavy atom. The maximum atomic E-state index is 5.42. The molecule has 0 spiro atoms. The molecule has 52 valence electrons. The second-order valence-electron chi connectivity index (χ2n) is 1.96. The second-order valence-corrected chi connectivity index (χ2v) is 2.27. The quantitative estimate of drug-likeness (QED) is 0.422. The zero-order valence-corrected chi connectivity index (χ0v) is 6.78. The number of alkyl halides is 1. The zero-order chi connectivity index (χ0) is 7.11. The smallest absolute Gasteiger partial charge is 0.0404 e. The van der Waals surface area contributed by atoms with Crippen LogP contribution in [0.15, 0.2) is 23.8 Å². The van der Waals surface area contributed by atoms with Crippen molar-refractivity contribution in [1.82, 2.24) is 0 Å². The highest BCUT2D eigenvalue weighted by atomic mass is 35.5. The van der Waals surface area contributed by atoms with Crippen molar-refractivity contribution >= 4 is 11.6 Å². The lowest BCUT2D eigenvalue weighted by atomic mass is 10.2. The molecule has 0 fully saturated rings. The Labute approximate surface area is 62.2 Å². The molecule has 0 aromatic rings. The SMILES string of the molecule is C/C=C(/C)C/C=C\CCl. The molecular formula is C8H13Cl. The van der Waals surface area contributed by atoms with Gasteiger partial charge in [0.05, 0.1) is 0 Å². The minimum Gasteiger partial charge on any atom is -0.122 e. The molecule has 0 atom stereocenters. The molecule has 0 bridgehead atoms. The Morgan fingerprint density at radius 1 is 1.44 bits per heavy atom. The molecule has 0 saturated carbocycles. The van der Waals surface area contributed by atoms with Crippen LogP contribution in [0.1, 0.15) is 20.3 Å². The van der Waals surface area contributed by atoms with E-state index in [0.717, 1.165) is 6.42 Å². The first-order valence-electron chi connectivity index (χ1n) is 3.14. The maximum Gasteiger partial charge on any atom is 0.0404 e. The molecule has 0 unspecified atom stereocenters. The summed E-state index contributed by atoms with van der Waals surface area (Å²) in [5, 5.41) is 0. The van der Waals surface area contributed by atoms with Gasteiger partial charge in [-0.1, -0.05) is 23.8 Å². The van der Waals surface area contributed by atoms with Crippen molar-refractivity contribution in [2.75, 3.05) is 5.88 Å². The summed E-state index contributed by atoms with van der Waals surface area (Å²) in [5.74, 6) is 0.622. The summed E-state index contributed by atoms with van der Waals surface area (Å²) in [6.07, 6.45) is 7.19. The topological polar surface area (TPSA) is 0 Å². The molecule has 0 aliphatic rings. The molecule has 0 aromatic heterocycles. The summed E-state index contributed by atoms with van der Waals surface area (Å²) in [4.78, 5) is 0. The number of allylic oxidation sites excluding steroid dienone is 4. The molecule has 9 heavy (non-hydrogen) atoms. The zero-order valence-electron chi connectivity index (χ0n) is 6.02. The lowest BCUT2D eigenvalue weighted by molar-refractivity contribution is 1.19. The monoisotopic (exact) mass is 144 g/mol. The average molecular weight is 145 g/mol. The molecule has 0 N–H and O–H groups in total. The van der Waals surface area contributed by atoms with Crippen LogP contribution >= 0.6 is 11.6 Å². The molecule has 0 aromatic carbocycles. The van der Waals surface area contributed by atoms with Gasteiger partial charge in [0.25, 0.3) is 0 Å². The Bertz CT molecular complexity index is 112. The van der Waals surface area contributed by atoms with Crippen molar-refractivity contribution in [3.8, 4) is 0 Å². The highest BCUT2D eigenvalue weighted by Gasteiger charge is 1.79. The van der Waals surface area contributed by atoms with E-state index in [4.69, 9.17) is 11.6 Å². The third-order valence-electron chi connectivity index (χ3n) is 1.19. The van der Waals surface area contributed by atoms with Crippen LogP contribution in [0.5, 0.6) is 0 Å². The minimum atomic E-state index is 0.622. The Balaban J connectivity index is 3.38. The lowest BCUT2D eigenvalue weighted by Gasteiger charge is -1.89. The number of hydrogen-bond acceptors (Lipinski definition) is 0. The number of hydrogen-bond donors (Lipinski definition) is 0. The number of rotatable bonds is 3. The van der Waals surface area contributed by atoms with Crippen molar-refractivity contribution in [2.24, 2.45) is 0 Å². The molecular weight excluding hydrogens is 132 g/mol. The van der Waals surface area contributed by atoms with E-state index in [-0.39, 0.29) is 0 Å². The lowest BCUT2D eigenvalue weighted by Crippen LogP contribution is -1.70. The Kier molecular flexibility index (Phi) is 5.75. The fourth-order valence-corrected chi connectivity index (χ4v) is 0.576. The van der Waals surface area contributed by atoms with Crippen LogP contribution in [-0.4, -0.2) is 5.88 Å². The molecule has 0 heterocycles. The van der Waals surface area contributed by atoms with Crippen molar-refractivity contribution in [2.45, 2.75) is 20.3 Å². The molecule has 0 rings (SSSR count). The van der Waals surface area contributed by atoms with E-state index in [1.165, 1.54) is 5.57 Å². The van der Waals surface area contributed by atoms with E-state index in [1.54, 1.807) is 0 Å². The van der Waals surface area contributed by atoms with Gasteiger partial charge in [-0.05, 0) is 20.3 Å². The summed E-state index contributed by atoms with van der Waals surface area (Å²) in [5.41, 5.74) is 1.39. The fraction of sp³-hybridized carbons (Fsp3) is 0.500. The van der Waals surface area contributed by atoms with Crippen molar-refractivity contribution in [3.63, 3.8) is 0 Å². The van der Waals surface area contributed by atoms with Crippen LogP contribution < -0.4 is 0 Å². The molecule has 0 aliphatic carbocycles. The first kappa shape index (κ1) is 8.77. The Hall–Kier alpha value is -0.230. The maximum absolute atomic E-state index is 5.42. The second kappa shape index (κ2) is 5.90. The Morgan fingerprint density at radius 3 is 2.56 bits per heavy atom. The first-order valence-corrected chi connectivity index (χ1v) is 3.67. The van der Waals surface area contributed by atoms with Crippen LogP contribution in [0.25, 0.3) is 0 Å². The van der Waals surface area contributed by atoms with Gasteiger partial charge >= 0.3 is 0 Å². The summed E-state index contributed by atoms with van der Waals surface area (Å²) in [6.45, 7) is 4.16. The van der Waals surface area contributed by atoms with Gasteiger partial charge < -0.3 is 0 Å².